The summed E-state index contributed by atoms with van der Waals surface area (Å²) in [6.45, 7) is 3.66. The van der Waals surface area contributed by atoms with Gasteiger partial charge in [-0.05, 0) is 31.5 Å². The maximum Gasteiger partial charge on any atom is 0.323 e. The molecule has 0 fully saturated rings. The van der Waals surface area contributed by atoms with Gasteiger partial charge in [0.25, 0.3) is 0 Å². The first-order valence-corrected chi connectivity index (χ1v) is 4.62. The number of nitrogens with one attached hydrogen (secondary N) is 2. The molecule has 1 aromatic rings. The topological polar surface area (TPSA) is 61.4 Å². The van der Waals surface area contributed by atoms with Crippen LogP contribution in [0.4, 0.5) is 10.5 Å². The van der Waals surface area contributed by atoms with E-state index in [-0.39, 0.29) is 11.8 Å². The van der Waals surface area contributed by atoms with E-state index in [2.05, 4.69) is 10.6 Å². The van der Waals surface area contributed by atoms with Crippen molar-refractivity contribution in [2.24, 2.45) is 0 Å². The largest absolute Gasteiger partial charge is 0.506 e. The van der Waals surface area contributed by atoms with Crippen molar-refractivity contribution in [2.45, 2.75) is 13.8 Å². The monoisotopic (exact) mass is 206 g/mol. The summed E-state index contributed by atoms with van der Waals surface area (Å²) in [7, 11) is 0. The number of hydrogen-bond acceptors (Lipinski definition) is 2. The Labute approximate surface area is 88.6 Å². The van der Waals surface area contributed by atoms with Gasteiger partial charge in [-0.3, -0.25) is 0 Å². The molecule has 4 nitrogen and oxygen atoms in total. The number of benzene rings is 1. The highest BCUT2D eigenvalue weighted by atomic mass is 16.3. The van der Waals surface area contributed by atoms with Gasteiger partial charge in [0.15, 0.2) is 0 Å². The normalized spacial score (nSPS) is 10.3. The van der Waals surface area contributed by atoms with Gasteiger partial charge >= 0.3 is 6.03 Å². The fraction of sp³-hybridized carbons (Fsp3) is 0.182. The van der Waals surface area contributed by atoms with Crippen LogP contribution in [0.25, 0.3) is 0 Å². The Balaban J connectivity index is 2.68. The van der Waals surface area contributed by atoms with Crippen molar-refractivity contribution in [1.82, 2.24) is 5.32 Å². The summed E-state index contributed by atoms with van der Waals surface area (Å²) in [5.41, 5.74) is 1.33. The smallest absolute Gasteiger partial charge is 0.323 e. The lowest BCUT2D eigenvalue weighted by atomic mass is 10.2. The average molecular weight is 206 g/mol. The first kappa shape index (κ1) is 11.1. The number of carbonyl (C=O) groups excluding carboxylic acids is 1. The highest BCUT2D eigenvalue weighted by Gasteiger charge is 2.03. The maximum absolute atomic E-state index is 11.2. The van der Waals surface area contributed by atoms with Gasteiger partial charge in [-0.1, -0.05) is 12.1 Å². The van der Waals surface area contributed by atoms with Crippen LogP contribution in [0.15, 0.2) is 30.5 Å². The Morgan fingerprint density at radius 2 is 2.20 bits per heavy atom. The van der Waals surface area contributed by atoms with Gasteiger partial charge in [-0.15, -0.1) is 0 Å². The number of rotatable bonds is 2. The van der Waals surface area contributed by atoms with E-state index in [1.807, 2.05) is 13.0 Å². The first-order chi connectivity index (χ1) is 7.13. The van der Waals surface area contributed by atoms with Crippen molar-refractivity contribution < 1.29 is 9.90 Å². The minimum Gasteiger partial charge on any atom is -0.506 e. The lowest BCUT2D eigenvalue weighted by Crippen LogP contribution is -2.23. The number of carbonyl (C=O) groups is 1. The molecule has 0 aliphatic rings. The van der Waals surface area contributed by atoms with Crippen LogP contribution in [0.3, 0.4) is 0 Å². The lowest BCUT2D eigenvalue weighted by Gasteiger charge is -2.07. The maximum atomic E-state index is 11.2. The van der Waals surface area contributed by atoms with Crippen LogP contribution >= 0.6 is 0 Å². The van der Waals surface area contributed by atoms with Crippen molar-refractivity contribution in [1.29, 1.82) is 0 Å². The fourth-order valence-corrected chi connectivity index (χ4v) is 1.06. The van der Waals surface area contributed by atoms with Gasteiger partial charge in [-0.2, -0.15) is 0 Å². The number of urea groups is 1. The molecule has 0 bridgehead atoms. The second-order valence-corrected chi connectivity index (χ2v) is 3.12. The predicted molar refractivity (Wildman–Crippen MR) is 59.8 cm³/mol. The van der Waals surface area contributed by atoms with Crippen molar-refractivity contribution in [3.63, 3.8) is 0 Å². The van der Waals surface area contributed by atoms with Gasteiger partial charge in [0.1, 0.15) is 5.75 Å². The van der Waals surface area contributed by atoms with Crippen LogP contribution in [-0.4, -0.2) is 11.1 Å². The molecule has 2 amide bonds. The highest BCUT2D eigenvalue weighted by Crippen LogP contribution is 2.23. The number of anilines is 1. The molecule has 80 valence electrons. The van der Waals surface area contributed by atoms with Crippen molar-refractivity contribution in [2.75, 3.05) is 5.32 Å². The van der Waals surface area contributed by atoms with Crippen LogP contribution < -0.4 is 10.6 Å². The zero-order valence-corrected chi connectivity index (χ0v) is 8.74. The van der Waals surface area contributed by atoms with Crippen LogP contribution in [0.1, 0.15) is 12.5 Å². The first-order valence-electron chi connectivity index (χ1n) is 4.62. The van der Waals surface area contributed by atoms with Gasteiger partial charge in [-0.25, -0.2) is 4.79 Å². The van der Waals surface area contributed by atoms with Gasteiger partial charge in [0.05, 0.1) is 5.69 Å². The molecule has 15 heavy (non-hydrogen) atoms. The molecule has 4 heteroatoms. The molecular weight excluding hydrogens is 192 g/mol. The van der Waals surface area contributed by atoms with Crippen molar-refractivity contribution in [3.8, 4) is 5.75 Å². The Kier molecular flexibility index (Phi) is 3.74. The van der Waals surface area contributed by atoms with E-state index in [1.54, 1.807) is 25.1 Å². The van der Waals surface area contributed by atoms with Crippen LogP contribution in [0.5, 0.6) is 5.75 Å². The molecular formula is C11H14N2O2. The van der Waals surface area contributed by atoms with Gasteiger partial charge in [0.2, 0.25) is 0 Å². The van der Waals surface area contributed by atoms with Crippen molar-refractivity contribution >= 4 is 11.7 Å². The summed E-state index contributed by atoms with van der Waals surface area (Å²) in [5.74, 6) is 0.0608. The van der Waals surface area contributed by atoms with E-state index in [9.17, 15) is 9.90 Å². The van der Waals surface area contributed by atoms with Crippen LogP contribution in [-0.2, 0) is 0 Å². The molecule has 0 saturated heterocycles. The minimum atomic E-state index is -0.382. The lowest BCUT2D eigenvalue weighted by molar-refractivity contribution is 0.255. The molecule has 0 heterocycles. The second kappa shape index (κ2) is 5.05. The molecule has 0 atom stereocenters. The Morgan fingerprint density at radius 1 is 1.47 bits per heavy atom. The van der Waals surface area contributed by atoms with E-state index in [4.69, 9.17) is 0 Å². The third kappa shape index (κ3) is 3.34. The zero-order chi connectivity index (χ0) is 11.3. The highest BCUT2D eigenvalue weighted by molar-refractivity contribution is 5.91. The van der Waals surface area contributed by atoms with Gasteiger partial charge < -0.3 is 15.7 Å². The number of phenolic OH excluding ortho intramolecular Hbond substituents is 1. The summed E-state index contributed by atoms with van der Waals surface area (Å²) in [6.07, 6.45) is 3.22. The molecule has 0 radical (unpaired) electrons. The number of phenols is 1. The summed E-state index contributed by atoms with van der Waals surface area (Å²) < 4.78 is 0. The zero-order valence-electron chi connectivity index (χ0n) is 8.74. The molecule has 0 spiro atoms. The second-order valence-electron chi connectivity index (χ2n) is 3.12. The number of hydrogen-bond donors (Lipinski definition) is 3. The van der Waals surface area contributed by atoms with E-state index >= 15 is 0 Å². The number of amides is 2. The minimum absolute atomic E-state index is 0.0608. The number of allylic oxidation sites excluding steroid dienone is 1. The molecule has 0 aromatic heterocycles. The van der Waals surface area contributed by atoms with Gasteiger partial charge in [0, 0.05) is 6.20 Å². The standard InChI is InChI=1S/C11H14N2O2/c1-3-6-12-11(15)13-9-5-4-8(2)7-10(9)14/h3-7,14H,1-2H3,(H2,12,13,15)/b6-3+. The molecule has 0 aliphatic carbocycles. The SMILES string of the molecule is C/C=C/NC(=O)Nc1ccc(C)cc1O. The Morgan fingerprint density at radius 3 is 2.80 bits per heavy atom. The molecule has 0 saturated carbocycles. The Bertz CT molecular complexity index is 386. The van der Waals surface area contributed by atoms with E-state index in [1.165, 1.54) is 6.20 Å². The molecule has 3 N–H and O–H groups in total. The average Bonchev–Trinajstić information content (AvgIpc) is 2.19. The fourth-order valence-electron chi connectivity index (χ4n) is 1.06. The molecule has 1 rings (SSSR count). The molecule has 0 aliphatic heterocycles. The number of aryl methyl sites for hydroxylation is 1. The van der Waals surface area contributed by atoms with E-state index in [0.29, 0.717) is 5.69 Å². The summed E-state index contributed by atoms with van der Waals surface area (Å²) in [6, 6.07) is 4.67. The quantitative estimate of drug-likeness (QED) is 0.650. The van der Waals surface area contributed by atoms with Crippen LogP contribution in [0, 0.1) is 6.92 Å². The third-order valence-electron chi connectivity index (χ3n) is 1.78. The predicted octanol–water partition coefficient (Wildman–Crippen LogP) is 2.36. The summed E-state index contributed by atoms with van der Waals surface area (Å²) in [5, 5.41) is 14.5. The summed E-state index contributed by atoms with van der Waals surface area (Å²) >= 11 is 0. The molecule has 0 unspecified atom stereocenters. The summed E-state index contributed by atoms with van der Waals surface area (Å²) in [4.78, 5) is 11.2. The van der Waals surface area contributed by atoms with Crippen LogP contribution in [0.2, 0.25) is 0 Å². The Hall–Kier alpha value is -1.97. The number of aromatic hydroxyl groups is 1. The van der Waals surface area contributed by atoms with E-state index in [0.717, 1.165) is 5.56 Å². The van der Waals surface area contributed by atoms with E-state index < -0.39 is 0 Å². The molecule has 1 aromatic carbocycles. The third-order valence-corrected chi connectivity index (χ3v) is 1.78. The van der Waals surface area contributed by atoms with Crippen molar-refractivity contribution in [3.05, 3.63) is 36.0 Å².